The van der Waals surface area contributed by atoms with E-state index in [1.807, 2.05) is 0 Å². The van der Waals surface area contributed by atoms with Crippen LogP contribution in [0.2, 0.25) is 0 Å². The molecule has 128 valence electrons. The molecule has 1 fully saturated rings. The van der Waals surface area contributed by atoms with Crippen LogP contribution in [0.25, 0.3) is 0 Å². The van der Waals surface area contributed by atoms with E-state index in [2.05, 4.69) is 26.8 Å². The van der Waals surface area contributed by atoms with E-state index in [1.54, 1.807) is 0 Å². The van der Waals surface area contributed by atoms with E-state index < -0.39 is 11.7 Å². The number of hydrogen-bond donors (Lipinski definition) is 2. The molecule has 0 aliphatic carbocycles. The van der Waals surface area contributed by atoms with Crippen LogP contribution in [0.15, 0.2) is 18.5 Å². The number of hydrogen-bond acceptors (Lipinski definition) is 5. The van der Waals surface area contributed by atoms with Gasteiger partial charge in [0.2, 0.25) is 5.95 Å². The summed E-state index contributed by atoms with van der Waals surface area (Å²) in [4.78, 5) is 9.29. The molecule has 23 heavy (non-hydrogen) atoms. The number of nitrogens with zero attached hydrogens (tertiary/aromatic N) is 3. The highest BCUT2D eigenvalue weighted by Gasteiger charge is 2.35. The standard InChI is InChI=1S/C15H22F3N5/c1-11-6-3-2-4-8-23(11)9-5-7-20-13-12(15(16,17)18)10-21-14(19)22-13/h10H,1-9H2,(H3,19,20,21,22). The first kappa shape index (κ1) is 17.4. The minimum atomic E-state index is -4.50. The van der Waals surface area contributed by atoms with Crippen molar-refractivity contribution in [1.29, 1.82) is 0 Å². The van der Waals surface area contributed by atoms with Crippen LogP contribution < -0.4 is 11.1 Å². The Hall–Kier alpha value is -1.99. The smallest absolute Gasteiger partial charge is 0.375 e. The van der Waals surface area contributed by atoms with Gasteiger partial charge < -0.3 is 16.0 Å². The number of nitrogen functional groups attached to an aromatic ring is 1. The van der Waals surface area contributed by atoms with Gasteiger partial charge in [-0.2, -0.15) is 18.2 Å². The SMILES string of the molecule is C=C1CCCCCN1CCCNc1nc(N)ncc1C(F)(F)F. The fourth-order valence-corrected chi connectivity index (χ4v) is 2.61. The molecule has 3 N–H and O–H groups in total. The summed E-state index contributed by atoms with van der Waals surface area (Å²) in [6.07, 6.45) is 1.38. The van der Waals surface area contributed by atoms with Crippen LogP contribution in [0.1, 0.15) is 37.7 Å². The molecule has 2 rings (SSSR count). The number of aromatic nitrogens is 2. The first-order chi connectivity index (χ1) is 10.9. The Morgan fingerprint density at radius 2 is 2.09 bits per heavy atom. The predicted molar refractivity (Wildman–Crippen MR) is 83.7 cm³/mol. The average molecular weight is 329 g/mol. The first-order valence-corrected chi connectivity index (χ1v) is 7.74. The van der Waals surface area contributed by atoms with Gasteiger partial charge in [0.25, 0.3) is 0 Å². The number of alkyl halides is 3. The van der Waals surface area contributed by atoms with Crippen molar-refractivity contribution in [3.63, 3.8) is 0 Å². The summed E-state index contributed by atoms with van der Waals surface area (Å²) in [5.74, 6) is -0.443. The predicted octanol–water partition coefficient (Wildman–Crippen LogP) is 3.27. The number of halogens is 3. The number of nitrogens with two attached hydrogens (primary N) is 1. The van der Waals surface area contributed by atoms with E-state index in [0.717, 1.165) is 38.0 Å². The van der Waals surface area contributed by atoms with E-state index in [-0.39, 0.29) is 11.8 Å². The zero-order valence-electron chi connectivity index (χ0n) is 13.0. The lowest BCUT2D eigenvalue weighted by molar-refractivity contribution is -0.137. The summed E-state index contributed by atoms with van der Waals surface area (Å²) < 4.78 is 38.7. The molecule has 1 aliphatic heterocycles. The minimum absolute atomic E-state index is 0.179. The molecule has 5 nitrogen and oxygen atoms in total. The molecule has 1 aromatic rings. The summed E-state index contributed by atoms with van der Waals surface area (Å²) in [5, 5.41) is 2.72. The van der Waals surface area contributed by atoms with Crippen LogP contribution in [-0.2, 0) is 6.18 Å². The van der Waals surface area contributed by atoms with Crippen molar-refractivity contribution in [3.05, 3.63) is 24.0 Å². The van der Waals surface area contributed by atoms with E-state index in [0.29, 0.717) is 19.2 Å². The summed E-state index contributed by atoms with van der Waals surface area (Å²) >= 11 is 0. The van der Waals surface area contributed by atoms with Crippen molar-refractivity contribution in [2.24, 2.45) is 0 Å². The molecule has 1 saturated heterocycles. The van der Waals surface area contributed by atoms with Gasteiger partial charge in [0, 0.05) is 31.5 Å². The molecular weight excluding hydrogens is 307 g/mol. The monoisotopic (exact) mass is 329 g/mol. The zero-order valence-corrected chi connectivity index (χ0v) is 13.0. The minimum Gasteiger partial charge on any atom is -0.375 e. The molecular formula is C15H22F3N5. The van der Waals surface area contributed by atoms with Crippen LogP contribution in [-0.4, -0.2) is 34.5 Å². The normalized spacial score (nSPS) is 16.3. The Labute approximate surface area is 133 Å². The van der Waals surface area contributed by atoms with Gasteiger partial charge in [-0.1, -0.05) is 13.0 Å². The van der Waals surface area contributed by atoms with Crippen molar-refractivity contribution in [2.45, 2.75) is 38.3 Å². The maximum Gasteiger partial charge on any atom is 0.421 e. The maximum atomic E-state index is 12.9. The quantitative estimate of drug-likeness (QED) is 0.812. The summed E-state index contributed by atoms with van der Waals surface area (Å²) in [7, 11) is 0. The van der Waals surface area contributed by atoms with Crippen LogP contribution in [0.5, 0.6) is 0 Å². The van der Waals surface area contributed by atoms with Gasteiger partial charge in [0.05, 0.1) is 0 Å². The second kappa shape index (κ2) is 7.52. The zero-order chi connectivity index (χ0) is 16.9. The van der Waals surface area contributed by atoms with Crippen LogP contribution in [0.4, 0.5) is 24.9 Å². The fraction of sp³-hybridized carbons (Fsp3) is 0.600. The van der Waals surface area contributed by atoms with Gasteiger partial charge >= 0.3 is 6.18 Å². The lowest BCUT2D eigenvalue weighted by Gasteiger charge is -2.24. The number of anilines is 2. The Morgan fingerprint density at radius 1 is 1.30 bits per heavy atom. The molecule has 8 heteroatoms. The Balaban J connectivity index is 1.89. The number of rotatable bonds is 5. The lowest BCUT2D eigenvalue weighted by Crippen LogP contribution is -2.25. The largest absolute Gasteiger partial charge is 0.421 e. The van der Waals surface area contributed by atoms with Crippen molar-refractivity contribution in [1.82, 2.24) is 14.9 Å². The Bertz CT molecular complexity index is 544. The molecule has 1 aromatic heterocycles. The van der Waals surface area contributed by atoms with Crippen LogP contribution >= 0.6 is 0 Å². The van der Waals surface area contributed by atoms with Crippen molar-refractivity contribution >= 4 is 11.8 Å². The van der Waals surface area contributed by atoms with Gasteiger partial charge in [0.15, 0.2) is 0 Å². The van der Waals surface area contributed by atoms with Gasteiger partial charge in [0.1, 0.15) is 11.4 Å². The van der Waals surface area contributed by atoms with Gasteiger partial charge in [-0.05, 0) is 25.7 Å². The summed E-state index contributed by atoms with van der Waals surface area (Å²) in [6.45, 7) is 6.19. The van der Waals surface area contributed by atoms with E-state index in [4.69, 9.17) is 5.73 Å². The van der Waals surface area contributed by atoms with Crippen LogP contribution in [0, 0.1) is 0 Å². The maximum absolute atomic E-state index is 12.9. The molecule has 0 saturated carbocycles. The third kappa shape index (κ3) is 5.01. The molecule has 0 bridgehead atoms. The first-order valence-electron chi connectivity index (χ1n) is 7.74. The average Bonchev–Trinajstić information content (AvgIpc) is 2.67. The topological polar surface area (TPSA) is 67.1 Å². The van der Waals surface area contributed by atoms with E-state index in [9.17, 15) is 13.2 Å². The van der Waals surface area contributed by atoms with Gasteiger partial charge in [-0.15, -0.1) is 0 Å². The third-order valence-electron chi connectivity index (χ3n) is 3.85. The van der Waals surface area contributed by atoms with Gasteiger partial charge in [-0.25, -0.2) is 4.98 Å². The number of likely N-dealkylation sites (tertiary alicyclic amines) is 1. The lowest BCUT2D eigenvalue weighted by atomic mass is 10.2. The third-order valence-corrected chi connectivity index (χ3v) is 3.85. The van der Waals surface area contributed by atoms with Crippen LogP contribution in [0.3, 0.4) is 0 Å². The highest BCUT2D eigenvalue weighted by Crippen LogP contribution is 2.33. The van der Waals surface area contributed by atoms with Gasteiger partial charge in [-0.3, -0.25) is 0 Å². The molecule has 1 aliphatic rings. The summed E-state index contributed by atoms with van der Waals surface area (Å²) in [5.41, 5.74) is 5.60. The number of allylic oxidation sites excluding steroid dienone is 1. The molecule has 2 heterocycles. The molecule has 0 radical (unpaired) electrons. The number of nitrogens with one attached hydrogen (secondary N) is 1. The highest BCUT2D eigenvalue weighted by atomic mass is 19.4. The van der Waals surface area contributed by atoms with E-state index >= 15 is 0 Å². The molecule has 0 atom stereocenters. The Kier molecular flexibility index (Phi) is 5.68. The fourth-order valence-electron chi connectivity index (χ4n) is 2.61. The van der Waals surface area contributed by atoms with E-state index in [1.165, 1.54) is 6.42 Å². The molecule has 0 aromatic carbocycles. The molecule has 0 spiro atoms. The van der Waals surface area contributed by atoms with Crippen molar-refractivity contribution < 1.29 is 13.2 Å². The Morgan fingerprint density at radius 3 is 2.83 bits per heavy atom. The molecule has 0 unspecified atom stereocenters. The van der Waals surface area contributed by atoms with Crippen molar-refractivity contribution in [2.75, 3.05) is 30.7 Å². The second-order valence-corrected chi connectivity index (χ2v) is 5.63. The molecule has 0 amide bonds. The highest BCUT2D eigenvalue weighted by molar-refractivity contribution is 5.47. The second-order valence-electron chi connectivity index (χ2n) is 5.63. The summed E-state index contributed by atoms with van der Waals surface area (Å²) in [6, 6.07) is 0. The van der Waals surface area contributed by atoms with Crippen molar-refractivity contribution in [3.8, 4) is 0 Å².